The van der Waals surface area contributed by atoms with Crippen LogP contribution in [0.3, 0.4) is 0 Å². The summed E-state index contributed by atoms with van der Waals surface area (Å²) in [6.45, 7) is 12.3. The Morgan fingerprint density at radius 3 is 2.00 bits per heavy atom. The van der Waals surface area contributed by atoms with Gasteiger partial charge in [0.1, 0.15) is 12.7 Å². The highest BCUT2D eigenvalue weighted by Crippen LogP contribution is 2.36. The normalized spacial score (nSPS) is 15.2. The van der Waals surface area contributed by atoms with Gasteiger partial charge in [-0.25, -0.2) is 0 Å². The lowest BCUT2D eigenvalue weighted by atomic mass is 10.1. The summed E-state index contributed by atoms with van der Waals surface area (Å²) in [5.74, 6) is 3.27. The maximum atomic E-state index is 10.5. The monoisotopic (exact) mass is 547 g/mol. The van der Waals surface area contributed by atoms with E-state index in [4.69, 9.17) is 14.0 Å². The van der Waals surface area contributed by atoms with E-state index in [1.165, 1.54) is 64.5 Å². The number of ether oxygens (including phenoxy) is 2. The van der Waals surface area contributed by atoms with Gasteiger partial charge in [0, 0.05) is 10.8 Å². The van der Waals surface area contributed by atoms with Crippen molar-refractivity contribution in [2.75, 3.05) is 25.4 Å². The van der Waals surface area contributed by atoms with E-state index in [0.29, 0.717) is 13.0 Å². The van der Waals surface area contributed by atoms with E-state index in [1.54, 1.807) is 11.3 Å². The molecule has 1 aromatic rings. The van der Waals surface area contributed by atoms with Crippen LogP contribution in [-0.4, -0.2) is 44.5 Å². The van der Waals surface area contributed by atoms with Crippen molar-refractivity contribution < 1.29 is 22.4 Å². The van der Waals surface area contributed by atoms with Crippen molar-refractivity contribution in [2.45, 2.75) is 117 Å². The van der Waals surface area contributed by atoms with Gasteiger partial charge in [0.2, 0.25) is 0 Å². The number of unbranched alkanes of at least 4 members (excludes halogenated alkanes) is 7. The van der Waals surface area contributed by atoms with Crippen molar-refractivity contribution in [3.8, 4) is 11.5 Å². The molecule has 1 unspecified atom stereocenters. The van der Waals surface area contributed by atoms with Crippen LogP contribution in [0, 0.1) is 11.8 Å². The van der Waals surface area contributed by atoms with Crippen molar-refractivity contribution in [3.05, 3.63) is 10.8 Å². The first kappa shape index (κ1) is 33.2. The average molecular weight is 548 g/mol. The molecule has 1 atom stereocenters. The summed E-state index contributed by atoms with van der Waals surface area (Å²) in [7, 11) is -3.80. The van der Waals surface area contributed by atoms with Gasteiger partial charge >= 0.3 is 0 Å². The van der Waals surface area contributed by atoms with Gasteiger partial charge in [-0.1, -0.05) is 79.1 Å². The summed E-state index contributed by atoms with van der Waals surface area (Å²) >= 11 is 1.56. The van der Waals surface area contributed by atoms with Crippen molar-refractivity contribution >= 4 is 21.5 Å². The van der Waals surface area contributed by atoms with Crippen LogP contribution in [0.2, 0.25) is 0 Å². The van der Waals surface area contributed by atoms with Crippen LogP contribution in [0.5, 0.6) is 11.5 Å². The van der Waals surface area contributed by atoms with Gasteiger partial charge in [-0.05, 0) is 57.0 Å². The predicted molar refractivity (Wildman–Crippen MR) is 153 cm³/mol. The third kappa shape index (κ3) is 19.3. The van der Waals surface area contributed by atoms with Crippen molar-refractivity contribution in [1.82, 2.24) is 5.32 Å². The minimum atomic E-state index is -3.80. The third-order valence-electron chi connectivity index (χ3n) is 6.26. The Hall–Kier alpha value is -0.830. The molecule has 0 bridgehead atoms. The Kier molecular flexibility index (Phi) is 18.6. The second-order valence-electron chi connectivity index (χ2n) is 10.9. The standard InChI is InChI=1S/C16H35N.C12H18O5S2/c1-15(2)11-7-5-9-13-17-14-10-6-8-12-16(3)4;13-19(14,15)6-4-2-1-3-5-10-7-16-11-8-18-9-12(11)17-10/h15-17H,5-14H2,1-4H3;8-10H,1-7H2,(H,13,14,15). The molecular weight excluding hydrogens is 494 g/mol. The lowest BCUT2D eigenvalue weighted by Crippen LogP contribution is -2.28. The SMILES string of the molecule is CC(C)CCCCCNCCCCCC(C)C.O=S(=O)(O)CCCCCCC1COc2cscc2O1. The fourth-order valence-corrected chi connectivity index (χ4v) is 5.34. The van der Waals surface area contributed by atoms with E-state index in [0.717, 1.165) is 49.0 Å². The number of hydrogen-bond acceptors (Lipinski definition) is 6. The maximum Gasteiger partial charge on any atom is 0.264 e. The Morgan fingerprint density at radius 1 is 0.861 bits per heavy atom. The molecule has 8 heteroatoms. The smallest absolute Gasteiger partial charge is 0.264 e. The summed E-state index contributed by atoms with van der Waals surface area (Å²) in [5.41, 5.74) is 0. The highest BCUT2D eigenvalue weighted by Gasteiger charge is 2.21. The van der Waals surface area contributed by atoms with Crippen LogP contribution < -0.4 is 14.8 Å². The number of fused-ring (bicyclic) bond motifs is 1. The van der Waals surface area contributed by atoms with E-state index in [1.807, 2.05) is 10.8 Å². The molecule has 6 nitrogen and oxygen atoms in total. The summed E-state index contributed by atoms with van der Waals surface area (Å²) in [6.07, 6.45) is 15.3. The van der Waals surface area contributed by atoms with E-state index in [-0.39, 0.29) is 11.9 Å². The molecule has 0 radical (unpaired) electrons. The maximum absolute atomic E-state index is 10.5. The van der Waals surface area contributed by atoms with Crippen LogP contribution in [0.25, 0.3) is 0 Å². The topological polar surface area (TPSA) is 84.9 Å². The molecule has 2 heterocycles. The number of rotatable bonds is 19. The Morgan fingerprint density at radius 2 is 1.42 bits per heavy atom. The van der Waals surface area contributed by atoms with E-state index < -0.39 is 10.1 Å². The summed E-state index contributed by atoms with van der Waals surface area (Å²) in [4.78, 5) is 0. The zero-order chi connectivity index (χ0) is 26.7. The molecule has 0 fully saturated rings. The number of nitrogens with one attached hydrogen (secondary N) is 1. The molecule has 0 spiro atoms. The fraction of sp³-hybridized carbons (Fsp3) is 0.857. The van der Waals surface area contributed by atoms with Crippen LogP contribution in [-0.2, 0) is 10.1 Å². The molecule has 2 N–H and O–H groups in total. The minimum absolute atomic E-state index is 0.0867. The predicted octanol–water partition coefficient (Wildman–Crippen LogP) is 7.74. The molecule has 0 saturated heterocycles. The Bertz CT molecular complexity index is 733. The van der Waals surface area contributed by atoms with Crippen molar-refractivity contribution in [1.29, 1.82) is 0 Å². The molecule has 0 saturated carbocycles. The first-order valence-corrected chi connectivity index (χ1v) is 16.7. The highest BCUT2D eigenvalue weighted by molar-refractivity contribution is 7.85. The molecular formula is C28H53NO5S2. The van der Waals surface area contributed by atoms with Crippen molar-refractivity contribution in [2.24, 2.45) is 11.8 Å². The van der Waals surface area contributed by atoms with Gasteiger partial charge in [0.15, 0.2) is 11.5 Å². The highest BCUT2D eigenvalue weighted by atomic mass is 32.2. The average Bonchev–Trinajstić information content (AvgIpc) is 3.27. The van der Waals surface area contributed by atoms with Gasteiger partial charge in [-0.15, -0.1) is 11.3 Å². The molecule has 1 aromatic heterocycles. The van der Waals surface area contributed by atoms with Gasteiger partial charge in [-0.2, -0.15) is 8.42 Å². The van der Waals surface area contributed by atoms with Gasteiger partial charge in [0.25, 0.3) is 10.1 Å². The molecule has 0 aromatic carbocycles. The lowest BCUT2D eigenvalue weighted by Gasteiger charge is -2.24. The summed E-state index contributed by atoms with van der Waals surface area (Å²) in [5, 5.41) is 7.43. The molecule has 2 rings (SSSR count). The van der Waals surface area contributed by atoms with E-state index in [9.17, 15) is 8.42 Å². The molecule has 36 heavy (non-hydrogen) atoms. The third-order valence-corrected chi connectivity index (χ3v) is 7.76. The molecule has 0 amide bonds. The first-order valence-electron chi connectivity index (χ1n) is 14.2. The zero-order valence-electron chi connectivity index (χ0n) is 23.3. The largest absolute Gasteiger partial charge is 0.485 e. The quantitative estimate of drug-likeness (QED) is 0.136. The molecule has 1 aliphatic heterocycles. The van der Waals surface area contributed by atoms with Gasteiger partial charge in [-0.3, -0.25) is 4.55 Å². The minimum Gasteiger partial charge on any atom is -0.485 e. The number of thiophene rings is 1. The molecule has 1 aliphatic rings. The molecule has 212 valence electrons. The molecule has 0 aliphatic carbocycles. The second-order valence-corrected chi connectivity index (χ2v) is 13.2. The van der Waals surface area contributed by atoms with Crippen LogP contribution in [0.4, 0.5) is 0 Å². The van der Waals surface area contributed by atoms with Crippen LogP contribution in [0.15, 0.2) is 10.8 Å². The van der Waals surface area contributed by atoms with Gasteiger partial charge in [0.05, 0.1) is 5.75 Å². The zero-order valence-corrected chi connectivity index (χ0v) is 24.9. The van der Waals surface area contributed by atoms with Crippen LogP contribution in [0.1, 0.15) is 111 Å². The Labute approximate surface area is 225 Å². The van der Waals surface area contributed by atoms with Crippen molar-refractivity contribution in [3.63, 3.8) is 0 Å². The van der Waals surface area contributed by atoms with E-state index >= 15 is 0 Å². The summed E-state index contributed by atoms with van der Waals surface area (Å²) < 4.78 is 41.0. The van der Waals surface area contributed by atoms with E-state index in [2.05, 4.69) is 33.0 Å². The summed E-state index contributed by atoms with van der Waals surface area (Å²) in [6, 6.07) is 0. The first-order chi connectivity index (χ1) is 17.2. The van der Waals surface area contributed by atoms with Gasteiger partial charge < -0.3 is 14.8 Å². The number of hydrogen-bond donors (Lipinski definition) is 2. The lowest BCUT2D eigenvalue weighted by molar-refractivity contribution is 0.0842. The second kappa shape index (κ2) is 20.2. The fourth-order valence-electron chi connectivity index (χ4n) is 4.10. The van der Waals surface area contributed by atoms with Crippen LogP contribution >= 0.6 is 11.3 Å². The Balaban J connectivity index is 0.000000363.